The first-order valence-electron chi connectivity index (χ1n) is 9.40. The molecule has 0 fully saturated rings. The minimum Gasteiger partial charge on any atom is -0.465 e. The lowest BCUT2D eigenvalue weighted by molar-refractivity contribution is -0.145. The van der Waals surface area contributed by atoms with Gasteiger partial charge in [-0.1, -0.05) is 78.6 Å². The quantitative estimate of drug-likeness (QED) is 0.263. The molecular weight excluding hydrogens is 260 g/mol. The molecule has 0 saturated heterocycles. The molecule has 0 saturated carbocycles. The monoisotopic (exact) mass is 298 g/mol. The molecule has 2 heteroatoms. The molecule has 21 heavy (non-hydrogen) atoms. The van der Waals surface area contributed by atoms with Gasteiger partial charge in [-0.3, -0.25) is 4.79 Å². The number of carbonyl (C=O) groups excluding carboxylic acids is 1. The average molecular weight is 299 g/mol. The van der Waals surface area contributed by atoms with Crippen molar-refractivity contribution in [2.75, 3.05) is 6.61 Å². The van der Waals surface area contributed by atoms with Crippen molar-refractivity contribution in [3.63, 3.8) is 0 Å². The number of esters is 1. The molecule has 0 aromatic heterocycles. The third-order valence-corrected chi connectivity index (χ3v) is 4.12. The van der Waals surface area contributed by atoms with Gasteiger partial charge in [0.25, 0.3) is 0 Å². The van der Waals surface area contributed by atoms with Crippen molar-refractivity contribution in [3.8, 4) is 0 Å². The van der Waals surface area contributed by atoms with Gasteiger partial charge >= 0.3 is 5.97 Å². The summed E-state index contributed by atoms with van der Waals surface area (Å²) in [5.41, 5.74) is 0. The van der Waals surface area contributed by atoms with Gasteiger partial charge in [0.2, 0.25) is 0 Å². The van der Waals surface area contributed by atoms with E-state index >= 15 is 0 Å². The fourth-order valence-corrected chi connectivity index (χ4v) is 2.69. The Morgan fingerprint density at radius 1 is 0.762 bits per heavy atom. The lowest BCUT2D eigenvalue weighted by atomic mass is 9.95. The van der Waals surface area contributed by atoms with Crippen LogP contribution in [0.5, 0.6) is 0 Å². The summed E-state index contributed by atoms with van der Waals surface area (Å²) in [7, 11) is 0. The van der Waals surface area contributed by atoms with Crippen LogP contribution in [0.1, 0.15) is 104 Å². The van der Waals surface area contributed by atoms with Crippen molar-refractivity contribution >= 4 is 5.97 Å². The standard InChI is InChI=1S/C19H38O2/c1-4-7-9-11-13-16-18(15-12-10-8-5-2)17-21-19(20)14-6-3/h18H,4-17H2,1-3H3. The van der Waals surface area contributed by atoms with Crippen LogP contribution in [-0.4, -0.2) is 12.6 Å². The van der Waals surface area contributed by atoms with Crippen LogP contribution in [0.25, 0.3) is 0 Å². The Kier molecular flexibility index (Phi) is 15.5. The average Bonchev–Trinajstić information content (AvgIpc) is 2.48. The van der Waals surface area contributed by atoms with E-state index in [1.165, 1.54) is 70.6 Å². The van der Waals surface area contributed by atoms with Crippen LogP contribution in [0.2, 0.25) is 0 Å². The summed E-state index contributed by atoms with van der Waals surface area (Å²) in [4.78, 5) is 11.5. The summed E-state index contributed by atoms with van der Waals surface area (Å²) in [6.07, 6.45) is 15.8. The fraction of sp³-hybridized carbons (Fsp3) is 0.947. The lowest BCUT2D eigenvalue weighted by Crippen LogP contribution is -2.14. The van der Waals surface area contributed by atoms with E-state index in [0.717, 1.165) is 6.42 Å². The molecule has 1 unspecified atom stereocenters. The Labute approximate surface area is 133 Å². The van der Waals surface area contributed by atoms with Crippen LogP contribution in [-0.2, 0) is 9.53 Å². The van der Waals surface area contributed by atoms with E-state index in [-0.39, 0.29) is 5.97 Å². The highest BCUT2D eigenvalue weighted by atomic mass is 16.5. The Morgan fingerprint density at radius 2 is 1.29 bits per heavy atom. The highest BCUT2D eigenvalue weighted by molar-refractivity contribution is 5.69. The van der Waals surface area contributed by atoms with Gasteiger partial charge in [0.05, 0.1) is 6.61 Å². The minimum absolute atomic E-state index is 0.0120. The van der Waals surface area contributed by atoms with Crippen molar-refractivity contribution in [2.24, 2.45) is 5.92 Å². The van der Waals surface area contributed by atoms with Gasteiger partial charge < -0.3 is 4.74 Å². The van der Waals surface area contributed by atoms with Crippen LogP contribution < -0.4 is 0 Å². The lowest BCUT2D eigenvalue weighted by Gasteiger charge is -2.17. The third-order valence-electron chi connectivity index (χ3n) is 4.12. The molecule has 0 bridgehead atoms. The Morgan fingerprint density at radius 3 is 1.81 bits per heavy atom. The largest absolute Gasteiger partial charge is 0.465 e. The minimum atomic E-state index is -0.0120. The summed E-state index contributed by atoms with van der Waals surface area (Å²) in [6, 6.07) is 0. The second kappa shape index (κ2) is 15.9. The molecule has 0 aliphatic carbocycles. The molecule has 0 rings (SSSR count). The molecule has 126 valence electrons. The van der Waals surface area contributed by atoms with E-state index in [0.29, 0.717) is 18.9 Å². The van der Waals surface area contributed by atoms with E-state index in [1.807, 2.05) is 6.92 Å². The van der Waals surface area contributed by atoms with Crippen LogP contribution in [0.3, 0.4) is 0 Å². The molecule has 0 N–H and O–H groups in total. The van der Waals surface area contributed by atoms with Crippen molar-refractivity contribution in [1.29, 1.82) is 0 Å². The summed E-state index contributed by atoms with van der Waals surface area (Å²) < 4.78 is 5.44. The number of hydrogen-bond donors (Lipinski definition) is 0. The van der Waals surface area contributed by atoms with E-state index in [4.69, 9.17) is 4.74 Å². The number of carbonyl (C=O) groups is 1. The Bertz CT molecular complexity index is 226. The maximum Gasteiger partial charge on any atom is 0.305 e. The van der Waals surface area contributed by atoms with Crippen molar-refractivity contribution < 1.29 is 9.53 Å². The van der Waals surface area contributed by atoms with Gasteiger partial charge in [-0.15, -0.1) is 0 Å². The SMILES string of the molecule is CCCCCCCC(CCCCCC)COC(=O)CCC. The van der Waals surface area contributed by atoms with Gasteiger partial charge in [-0.2, -0.15) is 0 Å². The molecule has 0 aromatic rings. The molecule has 0 spiro atoms. The summed E-state index contributed by atoms with van der Waals surface area (Å²) in [5.74, 6) is 0.575. The highest BCUT2D eigenvalue weighted by Gasteiger charge is 2.11. The zero-order chi connectivity index (χ0) is 15.8. The smallest absolute Gasteiger partial charge is 0.305 e. The maximum absolute atomic E-state index is 11.5. The second-order valence-corrected chi connectivity index (χ2v) is 6.35. The summed E-state index contributed by atoms with van der Waals surface area (Å²) >= 11 is 0. The van der Waals surface area contributed by atoms with Crippen molar-refractivity contribution in [2.45, 2.75) is 104 Å². The first kappa shape index (κ1) is 20.5. The van der Waals surface area contributed by atoms with E-state index in [9.17, 15) is 4.79 Å². The van der Waals surface area contributed by atoms with Gasteiger partial charge in [0.1, 0.15) is 0 Å². The van der Waals surface area contributed by atoms with Crippen LogP contribution in [0.15, 0.2) is 0 Å². The molecule has 0 aromatic carbocycles. The maximum atomic E-state index is 11.5. The zero-order valence-electron chi connectivity index (χ0n) is 14.8. The number of rotatable bonds is 15. The number of unbranched alkanes of at least 4 members (excludes halogenated alkanes) is 7. The van der Waals surface area contributed by atoms with E-state index in [2.05, 4.69) is 13.8 Å². The topological polar surface area (TPSA) is 26.3 Å². The molecule has 0 aliphatic heterocycles. The molecular formula is C19H38O2. The molecule has 2 nitrogen and oxygen atoms in total. The van der Waals surface area contributed by atoms with Gasteiger partial charge in [-0.25, -0.2) is 0 Å². The van der Waals surface area contributed by atoms with Gasteiger partial charge in [-0.05, 0) is 25.2 Å². The second-order valence-electron chi connectivity index (χ2n) is 6.35. The molecule has 0 aliphatic rings. The first-order valence-corrected chi connectivity index (χ1v) is 9.40. The predicted molar refractivity (Wildman–Crippen MR) is 91.5 cm³/mol. The molecule has 0 heterocycles. The zero-order valence-corrected chi connectivity index (χ0v) is 14.8. The van der Waals surface area contributed by atoms with Gasteiger partial charge in [0.15, 0.2) is 0 Å². The van der Waals surface area contributed by atoms with E-state index in [1.54, 1.807) is 0 Å². The van der Waals surface area contributed by atoms with E-state index < -0.39 is 0 Å². The van der Waals surface area contributed by atoms with Crippen LogP contribution >= 0.6 is 0 Å². The summed E-state index contributed by atoms with van der Waals surface area (Å²) in [6.45, 7) is 7.18. The van der Waals surface area contributed by atoms with Crippen molar-refractivity contribution in [3.05, 3.63) is 0 Å². The van der Waals surface area contributed by atoms with Crippen LogP contribution in [0.4, 0.5) is 0 Å². The number of ether oxygens (including phenoxy) is 1. The number of hydrogen-bond acceptors (Lipinski definition) is 2. The summed E-state index contributed by atoms with van der Waals surface area (Å²) in [5, 5.41) is 0. The highest BCUT2D eigenvalue weighted by Crippen LogP contribution is 2.19. The molecule has 0 radical (unpaired) electrons. The normalized spacial score (nSPS) is 12.3. The van der Waals surface area contributed by atoms with Crippen molar-refractivity contribution in [1.82, 2.24) is 0 Å². The Hall–Kier alpha value is -0.530. The third kappa shape index (κ3) is 14.2. The fourth-order valence-electron chi connectivity index (χ4n) is 2.69. The molecule has 0 amide bonds. The van der Waals surface area contributed by atoms with Crippen LogP contribution in [0, 0.1) is 5.92 Å². The first-order chi connectivity index (χ1) is 10.2. The Balaban J connectivity index is 3.87. The van der Waals surface area contributed by atoms with Gasteiger partial charge in [0, 0.05) is 6.42 Å². The predicted octanol–water partition coefficient (Wildman–Crippen LogP) is 6.28. The molecule has 1 atom stereocenters.